The maximum atomic E-state index is 13.8. The van der Waals surface area contributed by atoms with Gasteiger partial charge in [-0.25, -0.2) is 21.8 Å². The van der Waals surface area contributed by atoms with E-state index in [1.54, 1.807) is 58.8 Å². The van der Waals surface area contributed by atoms with Crippen LogP contribution in [0.15, 0.2) is 69.8 Å². The lowest BCUT2D eigenvalue weighted by atomic mass is 10.1. The topological polar surface area (TPSA) is 122 Å². The molecule has 0 saturated heterocycles. The number of hydrogen-bond acceptors (Lipinski definition) is 9. The quantitative estimate of drug-likeness (QED) is 0.277. The molecule has 0 spiro atoms. The first-order chi connectivity index (χ1) is 21.0. The molecule has 0 saturated carbocycles. The SMILES string of the molecule is Cc1ccc(S(=O)(=O)n2ccc3c2nc(Nc2cc4c(cc2Cl)CCN4C(=O)CN(C)C)n2c(=O)c4sccc4nc32)cc1. The van der Waals surface area contributed by atoms with Gasteiger partial charge in [-0.05, 0) is 74.8 Å². The monoisotopic (exact) mass is 647 g/mol. The van der Waals surface area contributed by atoms with Crippen LogP contribution in [-0.4, -0.2) is 64.8 Å². The number of fused-ring (bicyclic) bond motifs is 5. The minimum absolute atomic E-state index is 0.0328. The van der Waals surface area contributed by atoms with E-state index in [1.807, 2.05) is 25.9 Å². The summed E-state index contributed by atoms with van der Waals surface area (Å²) >= 11 is 7.99. The molecule has 11 nitrogen and oxygen atoms in total. The van der Waals surface area contributed by atoms with E-state index in [0.717, 1.165) is 15.1 Å². The Labute approximate surface area is 261 Å². The molecule has 0 radical (unpaired) electrons. The summed E-state index contributed by atoms with van der Waals surface area (Å²) < 4.78 is 30.4. The average molecular weight is 648 g/mol. The van der Waals surface area contributed by atoms with Crippen molar-refractivity contribution in [3.05, 3.63) is 86.6 Å². The van der Waals surface area contributed by atoms with Crippen LogP contribution in [0.5, 0.6) is 0 Å². The van der Waals surface area contributed by atoms with Crippen LogP contribution < -0.4 is 15.8 Å². The molecule has 4 aromatic heterocycles. The van der Waals surface area contributed by atoms with Crippen molar-refractivity contribution < 1.29 is 13.2 Å². The number of rotatable bonds is 6. The van der Waals surface area contributed by atoms with E-state index in [9.17, 15) is 18.0 Å². The Morgan fingerprint density at radius 2 is 1.86 bits per heavy atom. The van der Waals surface area contributed by atoms with Gasteiger partial charge in [0.05, 0.1) is 33.1 Å². The number of carbonyl (C=O) groups excluding carboxylic acids is 1. The number of thiophene rings is 1. The molecule has 1 aliphatic heterocycles. The predicted molar refractivity (Wildman–Crippen MR) is 173 cm³/mol. The van der Waals surface area contributed by atoms with Crippen molar-refractivity contribution in [2.75, 3.05) is 37.4 Å². The van der Waals surface area contributed by atoms with Crippen LogP contribution in [0.3, 0.4) is 0 Å². The second-order valence-corrected chi connectivity index (χ2v) is 14.1. The van der Waals surface area contributed by atoms with E-state index in [2.05, 4.69) is 5.32 Å². The van der Waals surface area contributed by atoms with Crippen molar-refractivity contribution in [1.29, 1.82) is 0 Å². The number of halogens is 1. The number of nitrogens with one attached hydrogen (secondary N) is 1. The van der Waals surface area contributed by atoms with E-state index >= 15 is 0 Å². The summed E-state index contributed by atoms with van der Waals surface area (Å²) in [5, 5.41) is 5.71. The highest BCUT2D eigenvalue weighted by atomic mass is 35.5. The maximum Gasteiger partial charge on any atom is 0.278 e. The average Bonchev–Trinajstić information content (AvgIpc) is 3.72. The fourth-order valence-electron chi connectivity index (χ4n) is 5.47. The standard InChI is InChI=1S/C30H26ClN7O4S2/c1-17-4-6-19(7-5-17)44(41,42)37-12-9-20-27(37)34-30(38-28(20)32-22-10-13-43-26(22)29(38)40)33-23-15-24-18(14-21(23)31)8-11-36(24)25(39)16-35(2)3/h4-7,9-10,12-15H,8,11,16H2,1-3H3,(H,33,34). The van der Waals surface area contributed by atoms with Gasteiger partial charge in [0.15, 0.2) is 11.3 Å². The highest BCUT2D eigenvalue weighted by Gasteiger charge is 2.28. The lowest BCUT2D eigenvalue weighted by Gasteiger charge is -2.21. The normalized spacial score (nSPS) is 13.4. The fourth-order valence-corrected chi connectivity index (χ4v) is 7.76. The molecule has 0 fully saturated rings. The van der Waals surface area contributed by atoms with Crippen molar-refractivity contribution >= 4 is 83.1 Å². The summed E-state index contributed by atoms with van der Waals surface area (Å²) in [5.41, 5.74) is 3.45. The number of benzene rings is 2. The zero-order valence-electron chi connectivity index (χ0n) is 23.9. The number of hydrogen-bond donors (Lipinski definition) is 1. The number of carbonyl (C=O) groups is 1. The molecule has 0 atom stereocenters. The highest BCUT2D eigenvalue weighted by Crippen LogP contribution is 2.37. The second-order valence-electron chi connectivity index (χ2n) is 10.9. The molecule has 0 unspecified atom stereocenters. The summed E-state index contributed by atoms with van der Waals surface area (Å²) in [5.74, 6) is -0.0166. The molecular weight excluding hydrogens is 622 g/mol. The summed E-state index contributed by atoms with van der Waals surface area (Å²) in [6, 6.07) is 13.4. The number of nitrogens with zero attached hydrogens (tertiary/aromatic N) is 6. The number of amides is 1. The smallest absolute Gasteiger partial charge is 0.278 e. The molecule has 1 N–H and O–H groups in total. The molecular formula is C30H26ClN7O4S2. The lowest BCUT2D eigenvalue weighted by molar-refractivity contribution is -0.119. The van der Waals surface area contributed by atoms with Crippen LogP contribution >= 0.6 is 22.9 Å². The zero-order valence-corrected chi connectivity index (χ0v) is 26.3. The molecule has 224 valence electrons. The summed E-state index contributed by atoms with van der Waals surface area (Å²) in [6.07, 6.45) is 2.07. The minimum Gasteiger partial charge on any atom is -0.324 e. The van der Waals surface area contributed by atoms with Crippen molar-refractivity contribution in [1.82, 2.24) is 23.2 Å². The lowest BCUT2D eigenvalue weighted by Crippen LogP contribution is -2.36. The Hall–Kier alpha value is -4.30. The molecule has 1 amide bonds. The van der Waals surface area contributed by atoms with E-state index in [-0.39, 0.29) is 40.1 Å². The molecule has 0 aliphatic carbocycles. The molecule has 7 rings (SSSR count). The number of likely N-dealkylation sites (N-methyl/N-ethyl adjacent to an activating group) is 1. The van der Waals surface area contributed by atoms with Crippen LogP contribution in [0, 0.1) is 6.92 Å². The van der Waals surface area contributed by atoms with Crippen molar-refractivity contribution in [2.24, 2.45) is 0 Å². The Morgan fingerprint density at radius 3 is 2.61 bits per heavy atom. The van der Waals surface area contributed by atoms with Crippen LogP contribution in [0.25, 0.3) is 26.9 Å². The maximum absolute atomic E-state index is 13.8. The van der Waals surface area contributed by atoms with Crippen molar-refractivity contribution in [3.63, 3.8) is 0 Å². The van der Waals surface area contributed by atoms with E-state index in [1.165, 1.54) is 21.9 Å². The van der Waals surface area contributed by atoms with Crippen LogP contribution in [0.1, 0.15) is 11.1 Å². The number of aromatic nitrogens is 4. The summed E-state index contributed by atoms with van der Waals surface area (Å²) in [4.78, 5) is 39.9. The van der Waals surface area contributed by atoms with Gasteiger partial charge in [0.1, 0.15) is 4.70 Å². The zero-order chi connectivity index (χ0) is 30.9. The Bertz CT molecular complexity index is 2310. The molecule has 1 aliphatic rings. The molecule has 6 aromatic rings. The van der Waals surface area contributed by atoms with Crippen LogP contribution in [-0.2, 0) is 21.2 Å². The second kappa shape index (κ2) is 10.4. The summed E-state index contributed by atoms with van der Waals surface area (Å²) in [7, 11) is -0.373. The highest BCUT2D eigenvalue weighted by molar-refractivity contribution is 7.90. The van der Waals surface area contributed by atoms with Crippen molar-refractivity contribution in [3.8, 4) is 0 Å². The largest absolute Gasteiger partial charge is 0.324 e. The van der Waals surface area contributed by atoms with Gasteiger partial charge in [-0.1, -0.05) is 29.3 Å². The number of aryl methyl sites for hydroxylation is 1. The number of anilines is 3. The van der Waals surface area contributed by atoms with Gasteiger partial charge in [-0.3, -0.25) is 9.59 Å². The van der Waals surface area contributed by atoms with Crippen LogP contribution in [0.2, 0.25) is 5.02 Å². The predicted octanol–water partition coefficient (Wildman–Crippen LogP) is 4.65. The molecule has 44 heavy (non-hydrogen) atoms. The summed E-state index contributed by atoms with van der Waals surface area (Å²) in [6.45, 7) is 2.65. The van der Waals surface area contributed by atoms with Crippen LogP contribution in [0.4, 0.5) is 17.3 Å². The molecule has 2 aromatic carbocycles. The Kier molecular flexibility index (Phi) is 6.73. The Balaban J connectivity index is 1.44. The van der Waals surface area contributed by atoms with Gasteiger partial charge in [-0.15, -0.1) is 11.3 Å². The van der Waals surface area contributed by atoms with E-state index in [0.29, 0.717) is 45.0 Å². The van der Waals surface area contributed by atoms with Gasteiger partial charge >= 0.3 is 0 Å². The fraction of sp³-hybridized carbons (Fsp3) is 0.200. The molecule has 14 heteroatoms. The van der Waals surface area contributed by atoms with Gasteiger partial charge in [0.2, 0.25) is 11.9 Å². The first-order valence-electron chi connectivity index (χ1n) is 13.7. The van der Waals surface area contributed by atoms with Crippen molar-refractivity contribution in [2.45, 2.75) is 18.2 Å². The van der Waals surface area contributed by atoms with Gasteiger partial charge in [-0.2, -0.15) is 4.98 Å². The van der Waals surface area contributed by atoms with Gasteiger partial charge < -0.3 is 15.1 Å². The van der Waals surface area contributed by atoms with E-state index in [4.69, 9.17) is 21.6 Å². The minimum atomic E-state index is -4.04. The molecule has 5 heterocycles. The Morgan fingerprint density at radius 1 is 1.09 bits per heavy atom. The van der Waals surface area contributed by atoms with Gasteiger partial charge in [0.25, 0.3) is 15.6 Å². The first kappa shape index (κ1) is 28.5. The molecule has 0 bridgehead atoms. The van der Waals surface area contributed by atoms with Gasteiger partial charge in [0, 0.05) is 18.4 Å². The third-order valence-electron chi connectivity index (χ3n) is 7.61. The third-order valence-corrected chi connectivity index (χ3v) is 10.5. The van der Waals surface area contributed by atoms with E-state index < -0.39 is 10.0 Å². The first-order valence-corrected chi connectivity index (χ1v) is 16.4. The third kappa shape index (κ3) is 4.54.